The third-order valence-corrected chi connectivity index (χ3v) is 2.21. The van der Waals surface area contributed by atoms with Crippen molar-refractivity contribution in [1.82, 2.24) is 0 Å². The Morgan fingerprint density at radius 1 is 1.50 bits per heavy atom. The van der Waals surface area contributed by atoms with E-state index in [1.54, 1.807) is 0 Å². The van der Waals surface area contributed by atoms with Gasteiger partial charge in [0.15, 0.2) is 0 Å². The number of fused-ring (bicyclic) bond motifs is 1. The first kappa shape index (κ1) is 9.06. The molecule has 1 aliphatic heterocycles. The SMILES string of the molecule is Cc1ccc2c(c1)NC(=O)CC(C)O2. The van der Waals surface area contributed by atoms with Gasteiger partial charge in [0.05, 0.1) is 12.1 Å². The average molecular weight is 191 g/mol. The third-order valence-electron chi connectivity index (χ3n) is 2.21. The molecule has 1 aliphatic rings. The average Bonchev–Trinajstić information content (AvgIpc) is 2.21. The molecule has 3 heteroatoms. The van der Waals surface area contributed by atoms with Crippen molar-refractivity contribution in [2.45, 2.75) is 26.4 Å². The van der Waals surface area contributed by atoms with Gasteiger partial charge in [0.1, 0.15) is 11.9 Å². The van der Waals surface area contributed by atoms with Crippen molar-refractivity contribution in [3.05, 3.63) is 23.8 Å². The van der Waals surface area contributed by atoms with Crippen molar-refractivity contribution < 1.29 is 9.53 Å². The maximum Gasteiger partial charge on any atom is 0.228 e. The number of amides is 1. The van der Waals surface area contributed by atoms with Crippen LogP contribution < -0.4 is 10.1 Å². The molecule has 0 aromatic heterocycles. The molecular formula is C11H13NO2. The number of aryl methyl sites for hydroxylation is 1. The molecule has 0 bridgehead atoms. The lowest BCUT2D eigenvalue weighted by Crippen LogP contribution is -2.17. The van der Waals surface area contributed by atoms with Gasteiger partial charge in [0, 0.05) is 0 Å². The number of rotatable bonds is 0. The summed E-state index contributed by atoms with van der Waals surface area (Å²) in [5, 5.41) is 2.83. The minimum Gasteiger partial charge on any atom is -0.488 e. The second-order valence-corrected chi connectivity index (χ2v) is 3.68. The number of ether oxygens (including phenoxy) is 1. The van der Waals surface area contributed by atoms with Crippen LogP contribution in [-0.2, 0) is 4.79 Å². The summed E-state index contributed by atoms with van der Waals surface area (Å²) in [6.45, 7) is 3.88. The van der Waals surface area contributed by atoms with Crippen LogP contribution in [0, 0.1) is 6.92 Å². The second-order valence-electron chi connectivity index (χ2n) is 3.68. The molecule has 1 aromatic carbocycles. The molecule has 3 nitrogen and oxygen atoms in total. The van der Waals surface area contributed by atoms with Crippen molar-refractivity contribution in [3.63, 3.8) is 0 Å². The number of carbonyl (C=O) groups is 1. The van der Waals surface area contributed by atoms with Gasteiger partial charge < -0.3 is 10.1 Å². The molecule has 0 spiro atoms. The van der Waals surface area contributed by atoms with Crippen molar-refractivity contribution in [2.75, 3.05) is 5.32 Å². The molecule has 0 fully saturated rings. The van der Waals surface area contributed by atoms with Gasteiger partial charge in [0.2, 0.25) is 5.91 Å². The zero-order valence-electron chi connectivity index (χ0n) is 8.33. The summed E-state index contributed by atoms with van der Waals surface area (Å²) >= 11 is 0. The molecule has 0 saturated carbocycles. The van der Waals surface area contributed by atoms with E-state index in [0.717, 1.165) is 17.0 Å². The predicted molar refractivity (Wildman–Crippen MR) is 54.5 cm³/mol. The lowest BCUT2D eigenvalue weighted by molar-refractivity contribution is -0.117. The van der Waals surface area contributed by atoms with Crippen molar-refractivity contribution in [3.8, 4) is 5.75 Å². The van der Waals surface area contributed by atoms with Crippen LogP contribution in [0.1, 0.15) is 18.9 Å². The fourth-order valence-corrected chi connectivity index (χ4v) is 1.57. The first-order valence-electron chi connectivity index (χ1n) is 4.72. The Balaban J connectivity index is 2.41. The van der Waals surface area contributed by atoms with Crippen LogP contribution in [0.2, 0.25) is 0 Å². The highest BCUT2D eigenvalue weighted by atomic mass is 16.5. The molecule has 14 heavy (non-hydrogen) atoms. The van der Waals surface area contributed by atoms with Gasteiger partial charge in [-0.25, -0.2) is 0 Å². The highest BCUT2D eigenvalue weighted by Gasteiger charge is 2.18. The number of carbonyl (C=O) groups excluding carboxylic acids is 1. The normalized spacial score (nSPS) is 20.4. The van der Waals surface area contributed by atoms with Crippen LogP contribution in [-0.4, -0.2) is 12.0 Å². The van der Waals surface area contributed by atoms with Gasteiger partial charge in [-0.15, -0.1) is 0 Å². The lowest BCUT2D eigenvalue weighted by Gasteiger charge is -2.11. The lowest BCUT2D eigenvalue weighted by atomic mass is 10.2. The van der Waals surface area contributed by atoms with Crippen LogP contribution in [0.25, 0.3) is 0 Å². The van der Waals surface area contributed by atoms with Gasteiger partial charge in [-0.2, -0.15) is 0 Å². The highest BCUT2D eigenvalue weighted by molar-refractivity contribution is 5.93. The minimum atomic E-state index is -0.0565. The first-order valence-corrected chi connectivity index (χ1v) is 4.72. The number of hydrogen-bond acceptors (Lipinski definition) is 2. The van der Waals surface area contributed by atoms with E-state index < -0.39 is 0 Å². The molecule has 74 valence electrons. The highest BCUT2D eigenvalue weighted by Crippen LogP contribution is 2.29. The van der Waals surface area contributed by atoms with Gasteiger partial charge in [-0.1, -0.05) is 6.07 Å². The monoisotopic (exact) mass is 191 g/mol. The molecule has 2 rings (SSSR count). The van der Waals surface area contributed by atoms with Gasteiger partial charge in [0.25, 0.3) is 0 Å². The van der Waals surface area contributed by atoms with E-state index in [9.17, 15) is 4.79 Å². The maximum absolute atomic E-state index is 11.4. The summed E-state index contributed by atoms with van der Waals surface area (Å²) in [6.07, 6.45) is 0.354. The molecule has 1 N–H and O–H groups in total. The summed E-state index contributed by atoms with van der Waals surface area (Å²) in [5.74, 6) is 0.774. The summed E-state index contributed by atoms with van der Waals surface area (Å²) in [7, 11) is 0. The van der Waals surface area contributed by atoms with E-state index in [1.165, 1.54) is 0 Å². The Labute approximate surface area is 83.1 Å². The van der Waals surface area contributed by atoms with E-state index in [-0.39, 0.29) is 12.0 Å². The topological polar surface area (TPSA) is 38.3 Å². The van der Waals surface area contributed by atoms with Crippen LogP contribution in [0.4, 0.5) is 5.69 Å². The molecule has 0 saturated heterocycles. The van der Waals surface area contributed by atoms with E-state index in [4.69, 9.17) is 4.74 Å². The van der Waals surface area contributed by atoms with E-state index >= 15 is 0 Å². The van der Waals surface area contributed by atoms with Gasteiger partial charge in [-0.3, -0.25) is 4.79 Å². The summed E-state index contributed by atoms with van der Waals surface area (Å²) in [4.78, 5) is 11.4. The van der Waals surface area contributed by atoms with Gasteiger partial charge >= 0.3 is 0 Å². The molecular weight excluding hydrogens is 178 g/mol. The molecule has 1 amide bonds. The van der Waals surface area contributed by atoms with E-state index in [0.29, 0.717) is 6.42 Å². The smallest absolute Gasteiger partial charge is 0.228 e. The number of hydrogen-bond donors (Lipinski definition) is 1. The van der Waals surface area contributed by atoms with Crippen LogP contribution in [0.15, 0.2) is 18.2 Å². The van der Waals surface area contributed by atoms with Gasteiger partial charge in [-0.05, 0) is 31.5 Å². The fourth-order valence-electron chi connectivity index (χ4n) is 1.57. The molecule has 0 aliphatic carbocycles. The number of anilines is 1. The summed E-state index contributed by atoms with van der Waals surface area (Å²) in [5.41, 5.74) is 1.89. The minimum absolute atomic E-state index is 0.0156. The molecule has 1 aromatic rings. The molecule has 1 atom stereocenters. The second kappa shape index (κ2) is 3.33. The van der Waals surface area contributed by atoms with Crippen molar-refractivity contribution in [1.29, 1.82) is 0 Å². The number of nitrogens with one attached hydrogen (secondary N) is 1. The fraction of sp³-hybridized carbons (Fsp3) is 0.364. The molecule has 0 radical (unpaired) electrons. The Kier molecular flexibility index (Phi) is 2.15. The zero-order chi connectivity index (χ0) is 10.1. The van der Waals surface area contributed by atoms with Crippen molar-refractivity contribution >= 4 is 11.6 Å². The zero-order valence-corrected chi connectivity index (χ0v) is 8.33. The summed E-state index contributed by atoms with van der Waals surface area (Å²) < 4.78 is 5.60. The molecule has 1 heterocycles. The molecule has 1 unspecified atom stereocenters. The Bertz CT molecular complexity index is 374. The maximum atomic E-state index is 11.4. The Morgan fingerprint density at radius 2 is 2.29 bits per heavy atom. The third kappa shape index (κ3) is 1.71. The quantitative estimate of drug-likeness (QED) is 0.682. The first-order chi connectivity index (χ1) is 6.65. The summed E-state index contributed by atoms with van der Waals surface area (Å²) in [6, 6.07) is 5.79. The standard InChI is InChI=1S/C11H13NO2/c1-7-3-4-10-9(5-7)12-11(13)6-8(2)14-10/h3-5,8H,6H2,1-2H3,(H,12,13). The van der Waals surface area contributed by atoms with Crippen LogP contribution in [0.5, 0.6) is 5.75 Å². The Morgan fingerprint density at radius 3 is 3.07 bits per heavy atom. The number of benzene rings is 1. The predicted octanol–water partition coefficient (Wildman–Crippen LogP) is 2.10. The van der Waals surface area contributed by atoms with Crippen LogP contribution >= 0.6 is 0 Å². The largest absolute Gasteiger partial charge is 0.488 e. The Hall–Kier alpha value is -1.51. The van der Waals surface area contributed by atoms with Crippen LogP contribution in [0.3, 0.4) is 0 Å². The van der Waals surface area contributed by atoms with E-state index in [2.05, 4.69) is 5.32 Å². The van der Waals surface area contributed by atoms with E-state index in [1.807, 2.05) is 32.0 Å². The van der Waals surface area contributed by atoms with Crippen molar-refractivity contribution in [2.24, 2.45) is 0 Å².